The molecule has 2 aliphatic rings. The second-order valence-corrected chi connectivity index (χ2v) is 8.17. The first kappa shape index (κ1) is 21.4. The van der Waals surface area contributed by atoms with Crippen LogP contribution in [0.4, 0.5) is 5.82 Å². The number of piperidine rings is 1. The first-order valence-corrected chi connectivity index (χ1v) is 11.0. The van der Waals surface area contributed by atoms with Crippen molar-refractivity contribution >= 4 is 17.6 Å². The Morgan fingerprint density at radius 2 is 2.06 bits per heavy atom. The molecule has 1 aromatic heterocycles. The highest BCUT2D eigenvalue weighted by Gasteiger charge is 2.28. The summed E-state index contributed by atoms with van der Waals surface area (Å²) < 4.78 is 12.5. The number of rotatable bonds is 7. The standard InChI is InChI=1S/C23H30N4O4/c1-30-20-4-2-3-17(15-20)5-6-22(28)26-12-8-19(9-13-26)27-21(7-11-24-27)25-23(29)18-10-14-31-16-18/h2-4,7,11,15,18-19H,5-6,8-10,12-14,16H2,1H3,(H,25,29)/t18-/m1/s1. The van der Waals surface area contributed by atoms with E-state index in [0.717, 1.165) is 36.4 Å². The Hall–Kier alpha value is -2.87. The van der Waals surface area contributed by atoms with E-state index in [4.69, 9.17) is 9.47 Å². The van der Waals surface area contributed by atoms with Crippen LogP contribution in [0.5, 0.6) is 5.75 Å². The Labute approximate surface area is 182 Å². The lowest BCUT2D eigenvalue weighted by atomic mass is 10.0. The van der Waals surface area contributed by atoms with E-state index in [0.29, 0.717) is 39.1 Å². The van der Waals surface area contributed by atoms with Crippen molar-refractivity contribution in [2.45, 2.75) is 38.1 Å². The van der Waals surface area contributed by atoms with Gasteiger partial charge in [0.15, 0.2) is 0 Å². The number of aryl methyl sites for hydroxylation is 1. The van der Waals surface area contributed by atoms with Gasteiger partial charge in [-0.15, -0.1) is 0 Å². The second kappa shape index (κ2) is 9.96. The number of carbonyl (C=O) groups is 2. The predicted molar refractivity (Wildman–Crippen MR) is 116 cm³/mol. The molecule has 0 bridgehead atoms. The van der Waals surface area contributed by atoms with E-state index in [-0.39, 0.29) is 23.8 Å². The molecule has 2 aromatic rings. The summed E-state index contributed by atoms with van der Waals surface area (Å²) in [5.41, 5.74) is 1.10. The number of anilines is 1. The topological polar surface area (TPSA) is 85.7 Å². The third kappa shape index (κ3) is 5.25. The second-order valence-electron chi connectivity index (χ2n) is 8.17. The first-order valence-electron chi connectivity index (χ1n) is 11.0. The van der Waals surface area contributed by atoms with Crippen LogP contribution in [0.3, 0.4) is 0 Å². The van der Waals surface area contributed by atoms with Crippen LogP contribution >= 0.6 is 0 Å². The third-order valence-electron chi connectivity index (χ3n) is 6.15. The summed E-state index contributed by atoms with van der Waals surface area (Å²) in [4.78, 5) is 27.0. The summed E-state index contributed by atoms with van der Waals surface area (Å²) >= 11 is 0. The number of hydrogen-bond acceptors (Lipinski definition) is 5. The van der Waals surface area contributed by atoms with Crippen molar-refractivity contribution in [2.75, 3.05) is 38.7 Å². The molecule has 0 unspecified atom stereocenters. The molecule has 0 aliphatic carbocycles. The Balaban J connectivity index is 1.27. The fourth-order valence-corrected chi connectivity index (χ4v) is 4.27. The highest BCUT2D eigenvalue weighted by Crippen LogP contribution is 2.27. The van der Waals surface area contributed by atoms with E-state index in [1.165, 1.54) is 0 Å². The maximum atomic E-state index is 12.7. The zero-order valence-electron chi connectivity index (χ0n) is 18.0. The van der Waals surface area contributed by atoms with Gasteiger partial charge in [-0.2, -0.15) is 5.10 Å². The molecular formula is C23H30N4O4. The van der Waals surface area contributed by atoms with E-state index < -0.39 is 0 Å². The minimum atomic E-state index is -0.0904. The van der Waals surface area contributed by atoms with Crippen LogP contribution in [0, 0.1) is 5.92 Å². The molecular weight excluding hydrogens is 396 g/mol. The lowest BCUT2D eigenvalue weighted by molar-refractivity contribution is -0.132. The fraction of sp³-hybridized carbons (Fsp3) is 0.522. The van der Waals surface area contributed by atoms with Gasteiger partial charge < -0.3 is 19.7 Å². The van der Waals surface area contributed by atoms with E-state index in [1.807, 2.05) is 39.9 Å². The van der Waals surface area contributed by atoms with Gasteiger partial charge in [-0.25, -0.2) is 4.68 Å². The Kier molecular flexibility index (Phi) is 6.86. The van der Waals surface area contributed by atoms with Crippen LogP contribution in [-0.2, 0) is 20.7 Å². The van der Waals surface area contributed by atoms with Crippen LogP contribution in [0.15, 0.2) is 36.5 Å². The van der Waals surface area contributed by atoms with Crippen LogP contribution in [0.25, 0.3) is 0 Å². The summed E-state index contributed by atoms with van der Waals surface area (Å²) in [6.45, 7) is 2.52. The van der Waals surface area contributed by atoms with Crippen molar-refractivity contribution in [1.82, 2.24) is 14.7 Å². The highest BCUT2D eigenvalue weighted by molar-refractivity contribution is 5.92. The van der Waals surface area contributed by atoms with Crippen molar-refractivity contribution in [1.29, 1.82) is 0 Å². The van der Waals surface area contributed by atoms with Crippen molar-refractivity contribution in [2.24, 2.45) is 5.92 Å². The van der Waals surface area contributed by atoms with E-state index in [1.54, 1.807) is 13.3 Å². The van der Waals surface area contributed by atoms with Gasteiger partial charge in [-0.05, 0) is 43.4 Å². The van der Waals surface area contributed by atoms with Crippen LogP contribution in [-0.4, -0.2) is 59.9 Å². The Bertz CT molecular complexity index is 898. The number of nitrogens with zero attached hydrogens (tertiary/aromatic N) is 3. The first-order chi connectivity index (χ1) is 15.1. The number of likely N-dealkylation sites (tertiary alicyclic amines) is 1. The molecule has 1 N–H and O–H groups in total. The van der Waals surface area contributed by atoms with Crippen LogP contribution in [0.1, 0.15) is 37.3 Å². The molecule has 8 nitrogen and oxygen atoms in total. The van der Waals surface area contributed by atoms with E-state index in [9.17, 15) is 9.59 Å². The molecule has 166 valence electrons. The summed E-state index contributed by atoms with van der Waals surface area (Å²) in [7, 11) is 1.65. The van der Waals surface area contributed by atoms with Crippen LogP contribution < -0.4 is 10.1 Å². The zero-order valence-corrected chi connectivity index (χ0v) is 18.0. The average Bonchev–Trinajstić information content (AvgIpc) is 3.50. The number of benzene rings is 1. The molecule has 2 saturated heterocycles. The average molecular weight is 427 g/mol. The number of ether oxygens (including phenoxy) is 2. The van der Waals surface area contributed by atoms with Gasteiger partial charge >= 0.3 is 0 Å². The molecule has 31 heavy (non-hydrogen) atoms. The smallest absolute Gasteiger partial charge is 0.231 e. The molecule has 1 aromatic carbocycles. The quantitative estimate of drug-likeness (QED) is 0.736. The normalized spacial score (nSPS) is 19.4. The van der Waals surface area contributed by atoms with Gasteiger partial charge in [0.2, 0.25) is 11.8 Å². The molecule has 3 heterocycles. The van der Waals surface area contributed by atoms with Crippen molar-refractivity contribution in [3.8, 4) is 5.75 Å². The minimum Gasteiger partial charge on any atom is -0.497 e. The van der Waals surface area contributed by atoms with E-state index >= 15 is 0 Å². The number of methoxy groups -OCH3 is 1. The molecule has 1 atom stereocenters. The van der Waals surface area contributed by atoms with Gasteiger partial charge in [-0.3, -0.25) is 9.59 Å². The number of hydrogen-bond donors (Lipinski definition) is 1. The number of aromatic nitrogens is 2. The summed E-state index contributed by atoms with van der Waals surface area (Å²) in [6.07, 6.45) is 5.31. The maximum Gasteiger partial charge on any atom is 0.231 e. The monoisotopic (exact) mass is 426 g/mol. The molecule has 2 fully saturated rings. The summed E-state index contributed by atoms with van der Waals surface area (Å²) in [6, 6.07) is 9.86. The van der Waals surface area contributed by atoms with E-state index in [2.05, 4.69) is 10.4 Å². The highest BCUT2D eigenvalue weighted by atomic mass is 16.5. The molecule has 0 radical (unpaired) electrons. The number of nitrogens with one attached hydrogen (secondary N) is 1. The van der Waals surface area contributed by atoms with Gasteiger partial charge in [0.25, 0.3) is 0 Å². The maximum absolute atomic E-state index is 12.7. The Morgan fingerprint density at radius 3 is 2.81 bits per heavy atom. The molecule has 2 aliphatic heterocycles. The molecule has 0 spiro atoms. The number of carbonyl (C=O) groups excluding carboxylic acids is 2. The zero-order chi connectivity index (χ0) is 21.6. The van der Waals surface area contributed by atoms with Gasteiger partial charge in [0.1, 0.15) is 11.6 Å². The molecule has 4 rings (SSSR count). The molecule has 8 heteroatoms. The predicted octanol–water partition coefficient (Wildman–Crippen LogP) is 2.66. The van der Waals surface area contributed by atoms with Crippen molar-refractivity contribution in [3.05, 3.63) is 42.1 Å². The third-order valence-corrected chi connectivity index (χ3v) is 6.15. The summed E-state index contributed by atoms with van der Waals surface area (Å²) in [5.74, 6) is 1.61. The minimum absolute atomic E-state index is 0.00981. The van der Waals surface area contributed by atoms with Gasteiger partial charge in [0, 0.05) is 32.2 Å². The van der Waals surface area contributed by atoms with Crippen LogP contribution in [0.2, 0.25) is 0 Å². The lowest BCUT2D eigenvalue weighted by Gasteiger charge is -2.33. The lowest BCUT2D eigenvalue weighted by Crippen LogP contribution is -2.39. The SMILES string of the molecule is COc1cccc(CCC(=O)N2CCC(n3nccc3NC(=O)[C@@H]3CCOC3)CC2)c1. The molecule has 2 amide bonds. The van der Waals surface area contributed by atoms with Gasteiger partial charge in [-0.1, -0.05) is 12.1 Å². The molecule has 0 saturated carbocycles. The fourth-order valence-electron chi connectivity index (χ4n) is 4.27. The van der Waals surface area contributed by atoms with Crippen molar-refractivity contribution in [3.63, 3.8) is 0 Å². The number of amides is 2. The summed E-state index contributed by atoms with van der Waals surface area (Å²) in [5, 5.41) is 7.44. The Morgan fingerprint density at radius 1 is 1.23 bits per heavy atom. The largest absolute Gasteiger partial charge is 0.497 e. The van der Waals surface area contributed by atoms with Crippen molar-refractivity contribution < 1.29 is 19.1 Å². The van der Waals surface area contributed by atoms with Gasteiger partial charge in [0.05, 0.1) is 31.9 Å².